The summed E-state index contributed by atoms with van der Waals surface area (Å²) in [5.41, 5.74) is 1.81. The van der Waals surface area contributed by atoms with Crippen LogP contribution in [0.4, 0.5) is 0 Å². The zero-order chi connectivity index (χ0) is 28.1. The number of aromatic hydroxyl groups is 1. The lowest BCUT2D eigenvalue weighted by Gasteiger charge is -2.37. The summed E-state index contributed by atoms with van der Waals surface area (Å²) in [6.07, 6.45) is 8.22. The number of methoxy groups -OCH3 is 1. The minimum absolute atomic E-state index is 0.0104. The molecule has 1 aliphatic rings. The van der Waals surface area contributed by atoms with Crippen LogP contribution in [0.3, 0.4) is 0 Å². The van der Waals surface area contributed by atoms with E-state index >= 15 is 0 Å². The van der Waals surface area contributed by atoms with E-state index in [0.717, 1.165) is 24.8 Å². The Morgan fingerprint density at radius 3 is 2.37 bits per heavy atom. The van der Waals surface area contributed by atoms with Gasteiger partial charge in [-0.05, 0) is 51.8 Å². The lowest BCUT2D eigenvalue weighted by atomic mass is 10.1. The molecule has 1 saturated heterocycles. The van der Waals surface area contributed by atoms with Crippen molar-refractivity contribution in [2.24, 2.45) is 10.1 Å². The van der Waals surface area contributed by atoms with Crippen LogP contribution in [0.1, 0.15) is 62.6 Å². The van der Waals surface area contributed by atoms with Crippen LogP contribution < -0.4 is 0 Å². The molecule has 2 rings (SSSR count). The topological polar surface area (TPSA) is 124 Å². The summed E-state index contributed by atoms with van der Waals surface area (Å²) in [5.74, 6) is -0.356. The number of carbonyl (C=O) groups is 2. The SMILES string of the molecule is C=NC(=N\N(CC)C(=O)/C(=C/CC)N1CCN(C(=O)c2ncnc(C)c2O)CC1)/C(=C/CC)CCCOC. The van der Waals surface area contributed by atoms with Crippen molar-refractivity contribution < 1.29 is 19.4 Å². The molecular formula is C27H41N7O4. The molecule has 11 nitrogen and oxygen atoms in total. The third-order valence-electron chi connectivity index (χ3n) is 6.16. The minimum atomic E-state index is -0.356. The normalized spacial score (nSPS) is 15.0. The Labute approximate surface area is 225 Å². The number of hydrogen-bond acceptors (Lipinski definition) is 8. The van der Waals surface area contributed by atoms with Crippen LogP contribution in [0.2, 0.25) is 0 Å². The van der Waals surface area contributed by atoms with Crippen LogP contribution in [0.25, 0.3) is 0 Å². The lowest BCUT2D eigenvalue weighted by Crippen LogP contribution is -2.50. The standard InChI is InChI=1S/C27H41N7O4/c1-7-11-21(13-10-18-38-6)25(28-5)31-34(9-3)26(36)22(12-8-2)32-14-16-33(17-15-32)27(37)23-24(35)20(4)29-19-30-23/h11-12,19,35H,5,7-10,13-18H2,1-4,6H3/b21-11+,22-12-,31-25-. The molecule has 208 valence electrons. The highest BCUT2D eigenvalue weighted by Gasteiger charge is 2.29. The molecule has 1 fully saturated rings. The fraction of sp³-hybridized carbons (Fsp3) is 0.556. The van der Waals surface area contributed by atoms with E-state index < -0.39 is 0 Å². The Hall–Kier alpha value is -3.60. The lowest BCUT2D eigenvalue weighted by molar-refractivity contribution is -0.128. The Kier molecular flexibility index (Phi) is 12.6. The zero-order valence-electron chi connectivity index (χ0n) is 23.3. The molecule has 11 heteroatoms. The van der Waals surface area contributed by atoms with Gasteiger partial charge in [0.25, 0.3) is 11.8 Å². The highest BCUT2D eigenvalue weighted by atomic mass is 16.5. The van der Waals surface area contributed by atoms with Crippen molar-refractivity contribution >= 4 is 24.4 Å². The van der Waals surface area contributed by atoms with Crippen LogP contribution in [0.5, 0.6) is 5.75 Å². The third kappa shape index (κ3) is 7.95. The van der Waals surface area contributed by atoms with Gasteiger partial charge in [0.05, 0.1) is 5.69 Å². The van der Waals surface area contributed by atoms with Crippen LogP contribution in [-0.4, -0.2) is 101 Å². The molecule has 0 bridgehead atoms. The number of piperazine rings is 1. The summed E-state index contributed by atoms with van der Waals surface area (Å²) in [6, 6.07) is 0. The van der Waals surface area contributed by atoms with Gasteiger partial charge in [0.1, 0.15) is 12.0 Å². The molecule has 0 radical (unpaired) electrons. The summed E-state index contributed by atoms with van der Waals surface area (Å²) < 4.78 is 5.17. The number of aromatic nitrogens is 2. The number of hydrazone groups is 1. The molecule has 2 amide bonds. The van der Waals surface area contributed by atoms with Crippen molar-refractivity contribution in [2.45, 2.75) is 53.4 Å². The molecule has 1 aromatic heterocycles. The molecule has 1 aromatic rings. The first kappa shape index (κ1) is 30.6. The number of rotatable bonds is 12. The summed E-state index contributed by atoms with van der Waals surface area (Å²) in [7, 11) is 1.67. The number of ether oxygens (including phenoxy) is 1. The van der Waals surface area contributed by atoms with E-state index in [2.05, 4.69) is 32.9 Å². The second kappa shape index (κ2) is 15.6. The molecule has 1 N–H and O–H groups in total. The average molecular weight is 528 g/mol. The van der Waals surface area contributed by atoms with E-state index in [-0.39, 0.29) is 23.3 Å². The van der Waals surface area contributed by atoms with Gasteiger partial charge in [-0.15, -0.1) is 5.10 Å². The molecule has 0 aromatic carbocycles. The Bertz CT molecular complexity index is 1060. The number of likely N-dealkylation sites (N-methyl/N-ethyl adjacent to an activating group) is 1. The predicted octanol–water partition coefficient (Wildman–Crippen LogP) is 3.17. The number of hydrogen-bond donors (Lipinski definition) is 1. The maximum Gasteiger partial charge on any atom is 0.289 e. The van der Waals surface area contributed by atoms with Gasteiger partial charge < -0.3 is 19.6 Å². The van der Waals surface area contributed by atoms with Gasteiger partial charge in [0, 0.05) is 46.4 Å². The van der Waals surface area contributed by atoms with E-state index in [1.165, 1.54) is 11.3 Å². The van der Waals surface area contributed by atoms with Crippen molar-refractivity contribution in [3.8, 4) is 5.75 Å². The van der Waals surface area contributed by atoms with Crippen LogP contribution in [-0.2, 0) is 9.53 Å². The Balaban J connectivity index is 2.19. The third-order valence-corrected chi connectivity index (χ3v) is 6.16. The quantitative estimate of drug-likeness (QED) is 0.146. The molecule has 0 atom stereocenters. The summed E-state index contributed by atoms with van der Waals surface area (Å²) in [6.45, 7) is 13.9. The van der Waals surface area contributed by atoms with Crippen molar-refractivity contribution in [1.82, 2.24) is 24.8 Å². The number of nitrogens with zero attached hydrogens (tertiary/aromatic N) is 7. The summed E-state index contributed by atoms with van der Waals surface area (Å²) in [4.78, 5) is 42.2. The Morgan fingerprint density at radius 2 is 1.79 bits per heavy atom. The van der Waals surface area contributed by atoms with Crippen molar-refractivity contribution in [2.75, 3.05) is 46.4 Å². The average Bonchev–Trinajstić information content (AvgIpc) is 2.93. The van der Waals surface area contributed by atoms with Crippen LogP contribution in [0, 0.1) is 6.92 Å². The van der Waals surface area contributed by atoms with Gasteiger partial charge in [-0.2, -0.15) is 0 Å². The maximum absolute atomic E-state index is 13.7. The zero-order valence-corrected chi connectivity index (χ0v) is 23.3. The Morgan fingerprint density at radius 1 is 1.13 bits per heavy atom. The van der Waals surface area contributed by atoms with Crippen molar-refractivity contribution in [3.05, 3.63) is 41.1 Å². The molecule has 2 heterocycles. The molecule has 0 spiro atoms. The first-order chi connectivity index (χ1) is 18.3. The number of amides is 2. The number of amidine groups is 1. The molecule has 0 aliphatic carbocycles. The van der Waals surface area contributed by atoms with Crippen molar-refractivity contribution in [1.29, 1.82) is 0 Å². The largest absolute Gasteiger partial charge is 0.504 e. The predicted molar refractivity (Wildman–Crippen MR) is 148 cm³/mol. The summed E-state index contributed by atoms with van der Waals surface area (Å²) >= 11 is 0. The van der Waals surface area contributed by atoms with Gasteiger partial charge >= 0.3 is 0 Å². The van der Waals surface area contributed by atoms with E-state index in [9.17, 15) is 14.7 Å². The molecule has 0 unspecified atom stereocenters. The van der Waals surface area contributed by atoms with E-state index in [4.69, 9.17) is 4.74 Å². The maximum atomic E-state index is 13.7. The first-order valence-electron chi connectivity index (χ1n) is 13.1. The number of aliphatic imine (C=N–C) groups is 1. The monoisotopic (exact) mass is 527 g/mol. The van der Waals surface area contributed by atoms with Gasteiger partial charge in [0.15, 0.2) is 17.3 Å². The minimum Gasteiger partial charge on any atom is -0.504 e. The number of aryl methyl sites for hydroxylation is 1. The van der Waals surface area contributed by atoms with Crippen LogP contribution in [0.15, 0.2) is 39.8 Å². The number of allylic oxidation sites excluding steroid dienone is 2. The highest BCUT2D eigenvalue weighted by Crippen LogP contribution is 2.21. The molecule has 38 heavy (non-hydrogen) atoms. The summed E-state index contributed by atoms with van der Waals surface area (Å²) in [5, 5.41) is 16.2. The smallest absolute Gasteiger partial charge is 0.289 e. The molecule has 1 aliphatic heterocycles. The first-order valence-corrected chi connectivity index (χ1v) is 13.1. The van der Waals surface area contributed by atoms with Gasteiger partial charge in [-0.25, -0.2) is 20.0 Å². The fourth-order valence-electron chi connectivity index (χ4n) is 4.13. The fourth-order valence-corrected chi connectivity index (χ4v) is 4.13. The number of carbonyl (C=O) groups excluding carboxylic acids is 2. The van der Waals surface area contributed by atoms with Crippen LogP contribution >= 0.6 is 0 Å². The van der Waals surface area contributed by atoms with Crippen molar-refractivity contribution in [3.63, 3.8) is 0 Å². The molecular weight excluding hydrogens is 486 g/mol. The van der Waals surface area contributed by atoms with E-state index in [0.29, 0.717) is 63.0 Å². The van der Waals surface area contributed by atoms with Gasteiger partial charge in [0.2, 0.25) is 0 Å². The van der Waals surface area contributed by atoms with Gasteiger partial charge in [-0.3, -0.25) is 9.59 Å². The molecule has 0 saturated carbocycles. The highest BCUT2D eigenvalue weighted by molar-refractivity contribution is 6.02. The van der Waals surface area contributed by atoms with E-state index in [1.807, 2.05) is 31.7 Å². The van der Waals surface area contributed by atoms with E-state index in [1.54, 1.807) is 18.9 Å². The second-order valence-corrected chi connectivity index (χ2v) is 8.77. The van der Waals surface area contributed by atoms with Gasteiger partial charge in [-0.1, -0.05) is 26.0 Å². The second-order valence-electron chi connectivity index (χ2n) is 8.77.